The molecule has 1 aromatic heterocycles. The minimum atomic E-state index is 0.719. The van der Waals surface area contributed by atoms with Crippen LogP contribution in [-0.2, 0) is 13.1 Å². The van der Waals surface area contributed by atoms with Crippen LogP contribution in [0.15, 0.2) is 47.1 Å². The molecule has 0 saturated carbocycles. The maximum atomic E-state index is 5.49. The van der Waals surface area contributed by atoms with Gasteiger partial charge in [-0.2, -0.15) is 0 Å². The molecule has 0 spiro atoms. The Morgan fingerprint density at radius 1 is 0.955 bits per heavy atom. The highest BCUT2D eigenvalue weighted by Crippen LogP contribution is 2.15. The van der Waals surface area contributed by atoms with Crippen molar-refractivity contribution >= 4 is 0 Å². The lowest BCUT2D eigenvalue weighted by Gasteiger charge is -2.34. The van der Waals surface area contributed by atoms with E-state index >= 15 is 0 Å². The van der Waals surface area contributed by atoms with Gasteiger partial charge in [-0.25, -0.2) is 0 Å². The highest BCUT2D eigenvalue weighted by molar-refractivity contribution is 5.27. The van der Waals surface area contributed by atoms with Crippen molar-refractivity contribution in [1.29, 1.82) is 0 Å². The fourth-order valence-electron chi connectivity index (χ4n) is 2.84. The molecule has 4 heteroatoms. The summed E-state index contributed by atoms with van der Waals surface area (Å²) in [6.45, 7) is 9.06. The second kappa shape index (κ2) is 7.47. The fraction of sp³-hybridized carbons (Fsp3) is 0.444. The van der Waals surface area contributed by atoms with Gasteiger partial charge in [-0.3, -0.25) is 9.80 Å². The van der Waals surface area contributed by atoms with Gasteiger partial charge in [0.25, 0.3) is 0 Å². The lowest BCUT2D eigenvalue weighted by atomic mass is 10.2. The van der Waals surface area contributed by atoms with E-state index in [1.165, 1.54) is 5.56 Å². The van der Waals surface area contributed by atoms with Crippen LogP contribution in [-0.4, -0.2) is 42.6 Å². The summed E-state index contributed by atoms with van der Waals surface area (Å²) in [5.41, 5.74) is 1.35. The summed E-state index contributed by atoms with van der Waals surface area (Å²) in [4.78, 5) is 4.96. The van der Waals surface area contributed by atoms with Crippen LogP contribution in [0.1, 0.15) is 18.2 Å². The number of rotatable bonds is 6. The first kappa shape index (κ1) is 15.1. The van der Waals surface area contributed by atoms with E-state index in [0.717, 1.165) is 57.4 Å². The molecule has 4 nitrogen and oxygen atoms in total. The molecule has 0 amide bonds. The summed E-state index contributed by atoms with van der Waals surface area (Å²) >= 11 is 0. The second-order valence-corrected chi connectivity index (χ2v) is 5.71. The molecule has 1 fully saturated rings. The second-order valence-electron chi connectivity index (χ2n) is 5.71. The first-order chi connectivity index (χ1) is 10.8. The zero-order chi connectivity index (χ0) is 15.2. The molecule has 2 aromatic rings. The van der Waals surface area contributed by atoms with Crippen LogP contribution in [0.25, 0.3) is 0 Å². The van der Waals surface area contributed by atoms with Crippen LogP contribution < -0.4 is 4.74 Å². The van der Waals surface area contributed by atoms with Crippen molar-refractivity contribution in [3.63, 3.8) is 0 Å². The van der Waals surface area contributed by atoms with Crippen molar-refractivity contribution in [3.05, 3.63) is 54.0 Å². The van der Waals surface area contributed by atoms with Crippen molar-refractivity contribution in [2.24, 2.45) is 0 Å². The molecule has 0 bridgehead atoms. The molecule has 0 radical (unpaired) electrons. The van der Waals surface area contributed by atoms with E-state index < -0.39 is 0 Å². The Morgan fingerprint density at radius 2 is 1.64 bits per heavy atom. The lowest BCUT2D eigenvalue weighted by Crippen LogP contribution is -2.45. The molecule has 3 rings (SSSR count). The van der Waals surface area contributed by atoms with Crippen molar-refractivity contribution in [2.45, 2.75) is 20.0 Å². The number of nitrogens with zero attached hydrogens (tertiary/aromatic N) is 2. The minimum absolute atomic E-state index is 0.719. The summed E-state index contributed by atoms with van der Waals surface area (Å²) in [6.07, 6.45) is 1.75. The van der Waals surface area contributed by atoms with E-state index in [2.05, 4.69) is 34.1 Å². The van der Waals surface area contributed by atoms with Crippen LogP contribution in [0.5, 0.6) is 5.75 Å². The fourth-order valence-corrected chi connectivity index (χ4v) is 2.84. The molecule has 22 heavy (non-hydrogen) atoms. The molecule has 1 aliphatic heterocycles. The summed E-state index contributed by atoms with van der Waals surface area (Å²) in [7, 11) is 0. The van der Waals surface area contributed by atoms with Crippen LogP contribution in [0.3, 0.4) is 0 Å². The average Bonchev–Trinajstić information content (AvgIpc) is 3.04. The maximum absolute atomic E-state index is 5.49. The first-order valence-electron chi connectivity index (χ1n) is 8.02. The summed E-state index contributed by atoms with van der Waals surface area (Å²) < 4.78 is 10.9. The van der Waals surface area contributed by atoms with Gasteiger partial charge >= 0.3 is 0 Å². The first-order valence-corrected chi connectivity index (χ1v) is 8.02. The van der Waals surface area contributed by atoms with Crippen molar-refractivity contribution < 1.29 is 9.15 Å². The third-order valence-electron chi connectivity index (χ3n) is 4.06. The Hall–Kier alpha value is -1.78. The average molecular weight is 300 g/mol. The largest absolute Gasteiger partial charge is 0.494 e. The summed E-state index contributed by atoms with van der Waals surface area (Å²) in [5, 5.41) is 0. The monoisotopic (exact) mass is 300 g/mol. The van der Waals surface area contributed by atoms with Gasteiger partial charge in [0, 0.05) is 32.7 Å². The molecule has 1 aliphatic rings. The van der Waals surface area contributed by atoms with E-state index in [-0.39, 0.29) is 0 Å². The standard InChI is InChI=1S/C18H24N2O2/c1-2-21-17-7-5-16(6-8-17)14-19-9-11-20(12-10-19)15-18-4-3-13-22-18/h3-8,13H,2,9-12,14-15H2,1H3. The van der Waals surface area contributed by atoms with Crippen LogP contribution >= 0.6 is 0 Å². The van der Waals surface area contributed by atoms with Gasteiger partial charge in [-0.15, -0.1) is 0 Å². The number of hydrogen-bond acceptors (Lipinski definition) is 4. The van der Waals surface area contributed by atoms with Gasteiger partial charge in [-0.1, -0.05) is 12.1 Å². The van der Waals surface area contributed by atoms with Crippen molar-refractivity contribution in [1.82, 2.24) is 9.80 Å². The predicted octanol–water partition coefficient (Wildman–Crippen LogP) is 3.00. The van der Waals surface area contributed by atoms with Crippen molar-refractivity contribution in [2.75, 3.05) is 32.8 Å². The molecule has 2 heterocycles. The molecule has 0 atom stereocenters. The molecule has 0 N–H and O–H groups in total. The number of furan rings is 1. The third-order valence-corrected chi connectivity index (χ3v) is 4.06. The van der Waals surface area contributed by atoms with Gasteiger partial charge < -0.3 is 9.15 Å². The van der Waals surface area contributed by atoms with E-state index in [4.69, 9.17) is 9.15 Å². The van der Waals surface area contributed by atoms with E-state index in [1.54, 1.807) is 6.26 Å². The molecule has 1 aromatic carbocycles. The maximum Gasteiger partial charge on any atom is 0.119 e. The van der Waals surface area contributed by atoms with E-state index in [1.807, 2.05) is 19.1 Å². The number of benzene rings is 1. The van der Waals surface area contributed by atoms with Crippen LogP contribution in [0.2, 0.25) is 0 Å². The van der Waals surface area contributed by atoms with Gasteiger partial charge in [0.2, 0.25) is 0 Å². The van der Waals surface area contributed by atoms with Gasteiger partial charge in [0.05, 0.1) is 19.4 Å². The topological polar surface area (TPSA) is 28.9 Å². The summed E-state index contributed by atoms with van der Waals surface area (Å²) in [5.74, 6) is 2.01. The Morgan fingerprint density at radius 3 is 2.23 bits per heavy atom. The van der Waals surface area contributed by atoms with Gasteiger partial charge in [0.1, 0.15) is 11.5 Å². The van der Waals surface area contributed by atoms with E-state index in [0.29, 0.717) is 0 Å². The van der Waals surface area contributed by atoms with Gasteiger partial charge in [0.15, 0.2) is 0 Å². The van der Waals surface area contributed by atoms with Gasteiger partial charge in [-0.05, 0) is 36.8 Å². The highest BCUT2D eigenvalue weighted by Gasteiger charge is 2.17. The molecular weight excluding hydrogens is 276 g/mol. The molecule has 118 valence electrons. The number of piperazine rings is 1. The Kier molecular flexibility index (Phi) is 5.14. The SMILES string of the molecule is CCOc1ccc(CN2CCN(Cc3ccco3)CC2)cc1. The Bertz CT molecular complexity index is 543. The molecule has 1 saturated heterocycles. The molecule has 0 aliphatic carbocycles. The number of ether oxygens (including phenoxy) is 1. The molecular formula is C18H24N2O2. The zero-order valence-electron chi connectivity index (χ0n) is 13.2. The lowest BCUT2D eigenvalue weighted by molar-refractivity contribution is 0.116. The number of hydrogen-bond donors (Lipinski definition) is 0. The van der Waals surface area contributed by atoms with Crippen LogP contribution in [0, 0.1) is 0 Å². The summed E-state index contributed by atoms with van der Waals surface area (Å²) in [6, 6.07) is 12.5. The highest BCUT2D eigenvalue weighted by atomic mass is 16.5. The molecule has 0 unspecified atom stereocenters. The Labute approximate surface area is 132 Å². The van der Waals surface area contributed by atoms with Crippen molar-refractivity contribution in [3.8, 4) is 5.75 Å². The van der Waals surface area contributed by atoms with Crippen LogP contribution in [0.4, 0.5) is 0 Å². The normalized spacial score (nSPS) is 16.8. The van der Waals surface area contributed by atoms with E-state index in [9.17, 15) is 0 Å². The Balaban J connectivity index is 1.45. The smallest absolute Gasteiger partial charge is 0.119 e. The minimum Gasteiger partial charge on any atom is -0.494 e. The quantitative estimate of drug-likeness (QED) is 0.820. The third kappa shape index (κ3) is 4.12. The predicted molar refractivity (Wildman–Crippen MR) is 86.9 cm³/mol. The zero-order valence-corrected chi connectivity index (χ0v) is 13.2.